The molecular weight excluding hydrogens is 488 g/mol. The lowest BCUT2D eigenvalue weighted by molar-refractivity contribution is -0.00509. The summed E-state index contributed by atoms with van der Waals surface area (Å²) in [5, 5.41) is 7.79. The van der Waals surface area contributed by atoms with Crippen LogP contribution in [-0.2, 0) is 5.41 Å². The van der Waals surface area contributed by atoms with Crippen molar-refractivity contribution in [3.05, 3.63) is 115 Å². The molecular formula is C36H42N2Si. The molecule has 1 fully saturated rings. The molecule has 2 N–H and O–H groups in total. The van der Waals surface area contributed by atoms with Gasteiger partial charge in [-0.2, -0.15) is 0 Å². The fourth-order valence-electron chi connectivity index (χ4n) is 9.04. The number of hydrogen-bond acceptors (Lipinski definition) is 2. The van der Waals surface area contributed by atoms with Crippen molar-refractivity contribution < 1.29 is 0 Å². The van der Waals surface area contributed by atoms with Crippen LogP contribution in [0.1, 0.15) is 59.4 Å². The minimum atomic E-state index is -2.60. The van der Waals surface area contributed by atoms with Gasteiger partial charge in [0.2, 0.25) is 0 Å². The molecule has 1 heterocycles. The van der Waals surface area contributed by atoms with E-state index < -0.39 is 8.07 Å². The second kappa shape index (κ2) is 9.21. The van der Waals surface area contributed by atoms with Crippen LogP contribution in [0.5, 0.6) is 0 Å². The highest BCUT2D eigenvalue weighted by Crippen LogP contribution is 2.60. The third-order valence-corrected chi connectivity index (χ3v) is 15.0. The van der Waals surface area contributed by atoms with Crippen molar-refractivity contribution in [3.8, 4) is 0 Å². The van der Waals surface area contributed by atoms with Crippen LogP contribution in [0, 0.1) is 11.3 Å². The van der Waals surface area contributed by atoms with Gasteiger partial charge in [-0.15, -0.1) is 0 Å². The lowest BCUT2D eigenvalue weighted by Crippen LogP contribution is -2.75. The molecule has 4 aromatic carbocycles. The molecule has 200 valence electrons. The van der Waals surface area contributed by atoms with Crippen LogP contribution in [-0.4, -0.2) is 13.6 Å². The van der Waals surface area contributed by atoms with Crippen LogP contribution in [0.4, 0.5) is 5.69 Å². The maximum absolute atomic E-state index is 7.11. The minimum absolute atomic E-state index is 0.0237. The highest BCUT2D eigenvalue weighted by atomic mass is 28.3. The van der Waals surface area contributed by atoms with Crippen molar-refractivity contribution in [2.45, 2.75) is 64.8 Å². The Morgan fingerprint density at radius 2 is 1.13 bits per heavy atom. The summed E-state index contributed by atoms with van der Waals surface area (Å²) in [5.74, 6) is 7.56. The molecule has 0 bridgehead atoms. The number of benzene rings is 4. The summed E-state index contributed by atoms with van der Waals surface area (Å²) in [6.45, 7) is 12.3. The van der Waals surface area contributed by atoms with Crippen LogP contribution < -0.4 is 31.6 Å². The van der Waals surface area contributed by atoms with Crippen molar-refractivity contribution in [3.63, 3.8) is 0 Å². The summed E-state index contributed by atoms with van der Waals surface area (Å²) in [4.78, 5) is 0. The van der Waals surface area contributed by atoms with E-state index >= 15 is 0 Å². The van der Waals surface area contributed by atoms with E-state index in [1.165, 1.54) is 44.8 Å². The number of nitrogens with zero attached hydrogens (tertiary/aromatic N) is 1. The molecule has 3 heteroatoms. The van der Waals surface area contributed by atoms with Crippen LogP contribution in [0.3, 0.4) is 0 Å². The van der Waals surface area contributed by atoms with Crippen molar-refractivity contribution in [2.75, 3.05) is 5.01 Å². The van der Waals surface area contributed by atoms with E-state index in [1.54, 1.807) is 0 Å². The van der Waals surface area contributed by atoms with Gasteiger partial charge in [0.05, 0.1) is 11.2 Å². The van der Waals surface area contributed by atoms with Gasteiger partial charge in [0.25, 0.3) is 0 Å². The van der Waals surface area contributed by atoms with E-state index in [1.807, 2.05) is 0 Å². The average Bonchev–Trinajstić information content (AvgIpc) is 2.93. The molecule has 0 spiro atoms. The zero-order chi connectivity index (χ0) is 27.5. The number of hydrogen-bond donors (Lipinski definition) is 1. The standard InChI is InChI=1S/C36H42N2Si/c1-34(2)24-15-25-36(5)33(34)35(3,4)31-26-30(22-23-32(31)38(36)37)39(27-16-9-6-10-17-27,28-18-11-7-12-19-28)29-20-13-8-14-21-29/h6-14,16-23,26,33H,15,24-25,37H2,1-5H3. The van der Waals surface area contributed by atoms with Gasteiger partial charge in [0.1, 0.15) is 0 Å². The molecule has 0 aromatic heterocycles. The van der Waals surface area contributed by atoms with Crippen LogP contribution in [0.15, 0.2) is 109 Å². The van der Waals surface area contributed by atoms with Gasteiger partial charge in [0.15, 0.2) is 8.07 Å². The van der Waals surface area contributed by atoms with Gasteiger partial charge >= 0.3 is 0 Å². The molecule has 1 saturated carbocycles. The minimum Gasteiger partial charge on any atom is -0.305 e. The summed E-state index contributed by atoms with van der Waals surface area (Å²) < 4.78 is 0. The predicted molar refractivity (Wildman–Crippen MR) is 169 cm³/mol. The Morgan fingerprint density at radius 3 is 1.62 bits per heavy atom. The topological polar surface area (TPSA) is 29.3 Å². The fraction of sp³-hybridized carbons (Fsp3) is 0.333. The predicted octanol–water partition coefficient (Wildman–Crippen LogP) is 5.62. The zero-order valence-corrected chi connectivity index (χ0v) is 25.1. The molecule has 1 aliphatic carbocycles. The second-order valence-electron chi connectivity index (χ2n) is 13.3. The monoisotopic (exact) mass is 530 g/mol. The number of nitrogens with two attached hydrogens (primary N) is 1. The first kappa shape index (κ1) is 26.1. The fourth-order valence-corrected chi connectivity index (χ4v) is 13.8. The van der Waals surface area contributed by atoms with Gasteiger partial charge < -0.3 is 5.01 Å². The van der Waals surface area contributed by atoms with E-state index in [4.69, 9.17) is 5.84 Å². The highest BCUT2D eigenvalue weighted by molar-refractivity contribution is 7.19. The first-order valence-corrected chi connectivity index (χ1v) is 16.5. The molecule has 0 saturated heterocycles. The lowest BCUT2D eigenvalue weighted by Gasteiger charge is -2.64. The summed E-state index contributed by atoms with van der Waals surface area (Å²) in [7, 11) is -2.60. The zero-order valence-electron chi connectivity index (χ0n) is 24.1. The molecule has 1 aliphatic heterocycles. The molecule has 39 heavy (non-hydrogen) atoms. The Morgan fingerprint density at radius 1 is 0.641 bits per heavy atom. The summed E-state index contributed by atoms with van der Waals surface area (Å²) >= 11 is 0. The van der Waals surface area contributed by atoms with Crippen LogP contribution >= 0.6 is 0 Å². The normalized spacial score (nSPS) is 23.5. The summed E-state index contributed by atoms with van der Waals surface area (Å²) in [6.07, 6.45) is 3.61. The van der Waals surface area contributed by atoms with Gasteiger partial charge in [-0.3, -0.25) is 0 Å². The number of rotatable bonds is 4. The Bertz CT molecular complexity index is 1370. The molecule has 0 radical (unpaired) electrons. The van der Waals surface area contributed by atoms with E-state index in [0.29, 0.717) is 5.92 Å². The third-order valence-electron chi connectivity index (χ3n) is 10.2. The molecule has 0 amide bonds. The molecule has 2 unspecified atom stereocenters. The molecule has 2 nitrogen and oxygen atoms in total. The molecule has 2 aliphatic rings. The van der Waals surface area contributed by atoms with Crippen molar-refractivity contribution >= 4 is 34.5 Å². The number of anilines is 1. The van der Waals surface area contributed by atoms with Crippen LogP contribution in [0.2, 0.25) is 0 Å². The molecule has 2 atom stereocenters. The highest BCUT2D eigenvalue weighted by Gasteiger charge is 2.59. The molecule has 6 rings (SSSR count). The van der Waals surface area contributed by atoms with Crippen molar-refractivity contribution in [1.29, 1.82) is 0 Å². The molecule has 4 aromatic rings. The quantitative estimate of drug-likeness (QED) is 0.211. The Hall–Kier alpha value is -3.14. The maximum Gasteiger partial charge on any atom is 0.179 e. The van der Waals surface area contributed by atoms with Gasteiger partial charge in [0, 0.05) is 0 Å². The van der Waals surface area contributed by atoms with Crippen LogP contribution in [0.25, 0.3) is 0 Å². The first-order valence-electron chi connectivity index (χ1n) is 14.5. The van der Waals surface area contributed by atoms with Gasteiger partial charge in [-0.25, -0.2) is 5.84 Å². The SMILES string of the molecule is CC1(C)CCCC2(C)C1C(C)(C)c1cc([Si](c3ccccc3)(c3ccccc3)c3ccccc3)ccc1N2N. The van der Waals surface area contributed by atoms with E-state index in [2.05, 4.69) is 149 Å². The Labute approximate surface area is 235 Å². The number of fused-ring (bicyclic) bond motifs is 2. The first-order chi connectivity index (χ1) is 18.6. The smallest absolute Gasteiger partial charge is 0.179 e. The summed E-state index contributed by atoms with van der Waals surface area (Å²) in [5.41, 5.74) is 2.70. The van der Waals surface area contributed by atoms with E-state index in [0.717, 1.165) is 6.42 Å². The Balaban J connectivity index is 1.68. The van der Waals surface area contributed by atoms with Crippen molar-refractivity contribution in [1.82, 2.24) is 0 Å². The number of hydrazine groups is 1. The maximum atomic E-state index is 7.11. The third kappa shape index (κ3) is 3.77. The largest absolute Gasteiger partial charge is 0.305 e. The van der Waals surface area contributed by atoms with Gasteiger partial charge in [-0.05, 0) is 68.9 Å². The average molecular weight is 531 g/mol. The van der Waals surface area contributed by atoms with E-state index in [-0.39, 0.29) is 16.4 Å². The lowest BCUT2D eigenvalue weighted by atomic mass is 9.48. The summed E-state index contributed by atoms with van der Waals surface area (Å²) in [6, 6.07) is 40.9. The second-order valence-corrected chi connectivity index (χ2v) is 17.1. The van der Waals surface area contributed by atoms with Gasteiger partial charge in [-0.1, -0.05) is 137 Å². The van der Waals surface area contributed by atoms with E-state index in [9.17, 15) is 0 Å². The Kier molecular flexibility index (Phi) is 6.17. The van der Waals surface area contributed by atoms with Crippen molar-refractivity contribution in [2.24, 2.45) is 17.2 Å².